The average Bonchev–Trinajstić information content (AvgIpc) is 2.02. The molecular formula is C9H11NO3S. The highest BCUT2D eigenvalue weighted by Gasteiger charge is 1.90. The van der Waals surface area contributed by atoms with E-state index in [9.17, 15) is 8.42 Å². The molecule has 14 heavy (non-hydrogen) atoms. The van der Waals surface area contributed by atoms with E-state index >= 15 is 0 Å². The molecule has 1 aromatic carbocycles. The summed E-state index contributed by atoms with van der Waals surface area (Å²) in [5.41, 5.74) is 1.80. The molecule has 0 fully saturated rings. The second-order valence-corrected chi connectivity index (χ2v) is 4.13. The Labute approximate surface area is 83.6 Å². The molecule has 0 heterocycles. The largest absolute Gasteiger partial charge is 0.286 e. The molecule has 0 radical (unpaired) electrons. The van der Waals surface area contributed by atoms with E-state index in [4.69, 9.17) is 9.81 Å². The summed E-state index contributed by atoms with van der Waals surface area (Å²) in [5.74, 6) is 0. The summed E-state index contributed by atoms with van der Waals surface area (Å²) in [7, 11) is -3.67. The van der Waals surface area contributed by atoms with Crippen molar-refractivity contribution < 1.29 is 13.0 Å². The summed E-state index contributed by atoms with van der Waals surface area (Å²) in [6, 6.07) is 9.63. The van der Waals surface area contributed by atoms with Crippen LogP contribution in [0.5, 0.6) is 0 Å². The van der Waals surface area contributed by atoms with Gasteiger partial charge in [-0.1, -0.05) is 18.2 Å². The Morgan fingerprint density at radius 1 is 1.36 bits per heavy atom. The normalized spacial score (nSPS) is 9.57. The Kier molecular flexibility index (Phi) is 4.84. The molecule has 0 aromatic heterocycles. The third-order valence-electron chi connectivity index (χ3n) is 1.27. The zero-order valence-electron chi connectivity index (χ0n) is 7.93. The van der Waals surface area contributed by atoms with Crippen LogP contribution < -0.4 is 0 Å². The summed E-state index contributed by atoms with van der Waals surface area (Å²) in [4.78, 5) is 0. The van der Waals surface area contributed by atoms with Gasteiger partial charge in [0.05, 0.1) is 17.9 Å². The molecular weight excluding hydrogens is 202 g/mol. The van der Waals surface area contributed by atoms with Crippen LogP contribution in [0, 0.1) is 18.3 Å². The molecule has 4 nitrogen and oxygen atoms in total. The fourth-order valence-electron chi connectivity index (χ4n) is 0.698. The lowest BCUT2D eigenvalue weighted by atomic mass is 10.1. The van der Waals surface area contributed by atoms with Gasteiger partial charge in [0.2, 0.25) is 0 Å². The van der Waals surface area contributed by atoms with Gasteiger partial charge < -0.3 is 0 Å². The number of aryl methyl sites for hydroxylation is 1. The second kappa shape index (κ2) is 5.37. The lowest BCUT2D eigenvalue weighted by Gasteiger charge is -1.90. The fraction of sp³-hybridized carbons (Fsp3) is 0.222. The standard InChI is InChI=1S/C8H7N.CH4O3S/c1-7-4-2-3-5-8(7)6-9;1-5(2,3)4/h2-5H,1H3;1H3,(H,2,3,4). The summed E-state index contributed by atoms with van der Waals surface area (Å²) in [6.45, 7) is 1.93. The van der Waals surface area contributed by atoms with Gasteiger partial charge in [0.15, 0.2) is 0 Å². The van der Waals surface area contributed by atoms with Crippen LogP contribution in [0.25, 0.3) is 0 Å². The van der Waals surface area contributed by atoms with Crippen LogP contribution in [-0.2, 0) is 10.1 Å². The van der Waals surface area contributed by atoms with Crippen LogP contribution in [0.1, 0.15) is 11.1 Å². The van der Waals surface area contributed by atoms with E-state index < -0.39 is 10.1 Å². The SMILES string of the molecule is CS(=O)(=O)O.Cc1ccccc1C#N. The Morgan fingerprint density at radius 2 is 1.79 bits per heavy atom. The van der Waals surface area contributed by atoms with E-state index in [0.29, 0.717) is 6.26 Å². The maximum atomic E-state index is 9.19. The Bertz CT molecular complexity index is 424. The topological polar surface area (TPSA) is 78.2 Å². The third-order valence-corrected chi connectivity index (χ3v) is 1.27. The van der Waals surface area contributed by atoms with Crippen molar-refractivity contribution >= 4 is 10.1 Å². The van der Waals surface area contributed by atoms with Gasteiger partial charge in [-0.25, -0.2) is 0 Å². The van der Waals surface area contributed by atoms with Gasteiger partial charge in [-0.2, -0.15) is 13.7 Å². The molecule has 0 saturated heterocycles. The summed E-state index contributed by atoms with van der Waals surface area (Å²) in [6.07, 6.45) is 0.715. The fourth-order valence-corrected chi connectivity index (χ4v) is 0.698. The highest BCUT2D eigenvalue weighted by Crippen LogP contribution is 2.03. The molecule has 1 N–H and O–H groups in total. The molecule has 0 aliphatic rings. The van der Waals surface area contributed by atoms with Crippen molar-refractivity contribution in [2.45, 2.75) is 6.92 Å². The van der Waals surface area contributed by atoms with Crippen molar-refractivity contribution in [2.75, 3.05) is 6.26 Å². The minimum absolute atomic E-state index is 0.715. The Morgan fingerprint density at radius 3 is 2.07 bits per heavy atom. The number of hydrogen-bond donors (Lipinski definition) is 1. The molecule has 76 valence electrons. The maximum absolute atomic E-state index is 9.19. The Balaban J connectivity index is 0.000000292. The summed E-state index contributed by atoms with van der Waals surface area (Å²) in [5, 5.41) is 8.47. The number of nitriles is 1. The van der Waals surface area contributed by atoms with E-state index in [-0.39, 0.29) is 0 Å². The van der Waals surface area contributed by atoms with Gasteiger partial charge in [-0.3, -0.25) is 4.55 Å². The van der Waals surface area contributed by atoms with Crippen LogP contribution >= 0.6 is 0 Å². The van der Waals surface area contributed by atoms with Gasteiger partial charge in [-0.05, 0) is 18.6 Å². The number of rotatable bonds is 0. The predicted molar refractivity (Wildman–Crippen MR) is 53.4 cm³/mol. The maximum Gasteiger partial charge on any atom is 0.261 e. The summed E-state index contributed by atoms with van der Waals surface area (Å²) < 4.78 is 25.9. The molecule has 0 spiro atoms. The molecule has 0 aliphatic carbocycles. The van der Waals surface area contributed by atoms with Crippen molar-refractivity contribution in [3.63, 3.8) is 0 Å². The quantitative estimate of drug-likeness (QED) is 0.660. The van der Waals surface area contributed by atoms with Crippen LogP contribution in [0.4, 0.5) is 0 Å². The van der Waals surface area contributed by atoms with Crippen molar-refractivity contribution in [1.29, 1.82) is 5.26 Å². The smallest absolute Gasteiger partial charge is 0.261 e. The molecule has 0 aliphatic heterocycles. The van der Waals surface area contributed by atoms with Crippen LogP contribution in [0.15, 0.2) is 24.3 Å². The van der Waals surface area contributed by atoms with Crippen molar-refractivity contribution in [2.24, 2.45) is 0 Å². The van der Waals surface area contributed by atoms with Gasteiger partial charge in [0, 0.05) is 0 Å². The Hall–Kier alpha value is -1.38. The van der Waals surface area contributed by atoms with Crippen molar-refractivity contribution in [3.05, 3.63) is 35.4 Å². The number of nitrogens with zero attached hydrogens (tertiary/aromatic N) is 1. The molecule has 0 amide bonds. The van der Waals surface area contributed by atoms with E-state index in [1.54, 1.807) is 0 Å². The molecule has 0 unspecified atom stereocenters. The van der Waals surface area contributed by atoms with Crippen molar-refractivity contribution in [1.82, 2.24) is 0 Å². The molecule has 0 atom stereocenters. The summed E-state index contributed by atoms with van der Waals surface area (Å²) >= 11 is 0. The lowest BCUT2D eigenvalue weighted by Crippen LogP contribution is -1.88. The molecule has 0 saturated carbocycles. The first kappa shape index (κ1) is 12.6. The van der Waals surface area contributed by atoms with Crippen LogP contribution in [0.3, 0.4) is 0 Å². The van der Waals surface area contributed by atoms with Gasteiger partial charge in [0.1, 0.15) is 0 Å². The van der Waals surface area contributed by atoms with E-state index in [1.165, 1.54) is 0 Å². The van der Waals surface area contributed by atoms with E-state index in [1.807, 2.05) is 31.2 Å². The zero-order valence-corrected chi connectivity index (χ0v) is 8.75. The number of hydrogen-bond acceptors (Lipinski definition) is 3. The van der Waals surface area contributed by atoms with Crippen LogP contribution in [-0.4, -0.2) is 19.2 Å². The van der Waals surface area contributed by atoms with Gasteiger partial charge in [-0.15, -0.1) is 0 Å². The first-order chi connectivity index (χ1) is 6.34. The molecule has 1 rings (SSSR count). The minimum Gasteiger partial charge on any atom is -0.286 e. The predicted octanol–water partition coefficient (Wildman–Crippen LogP) is 1.37. The molecule has 1 aromatic rings. The first-order valence-electron chi connectivity index (χ1n) is 3.73. The average molecular weight is 213 g/mol. The van der Waals surface area contributed by atoms with Gasteiger partial charge >= 0.3 is 0 Å². The van der Waals surface area contributed by atoms with E-state index in [2.05, 4.69) is 6.07 Å². The minimum atomic E-state index is -3.67. The molecule has 5 heteroatoms. The van der Waals surface area contributed by atoms with Crippen molar-refractivity contribution in [3.8, 4) is 6.07 Å². The highest BCUT2D eigenvalue weighted by molar-refractivity contribution is 7.85. The second-order valence-electron chi connectivity index (χ2n) is 2.66. The van der Waals surface area contributed by atoms with Crippen LogP contribution in [0.2, 0.25) is 0 Å². The third kappa shape index (κ3) is 7.28. The monoisotopic (exact) mass is 213 g/mol. The zero-order chi connectivity index (χ0) is 11.2. The number of benzene rings is 1. The molecule has 0 bridgehead atoms. The van der Waals surface area contributed by atoms with E-state index in [0.717, 1.165) is 11.1 Å². The first-order valence-corrected chi connectivity index (χ1v) is 5.57. The highest BCUT2D eigenvalue weighted by atomic mass is 32.2. The van der Waals surface area contributed by atoms with Gasteiger partial charge in [0.25, 0.3) is 10.1 Å². The lowest BCUT2D eigenvalue weighted by molar-refractivity contribution is 0.490.